The zero-order valence-corrected chi connectivity index (χ0v) is 28.7. The first-order valence-electron chi connectivity index (χ1n) is 14.5. The van der Waals surface area contributed by atoms with Crippen LogP contribution < -0.4 is 16.0 Å². The minimum atomic E-state index is -0.980. The maximum absolute atomic E-state index is 13.9. The fraction of sp³-hybridized carbons (Fsp3) is 0.414. The van der Waals surface area contributed by atoms with Crippen LogP contribution in [0.4, 0.5) is 22.9 Å². The first-order chi connectivity index (χ1) is 21.8. The van der Waals surface area contributed by atoms with Crippen LogP contribution >= 0.6 is 31.9 Å². The topological polar surface area (TPSA) is 177 Å². The van der Waals surface area contributed by atoms with E-state index in [-0.39, 0.29) is 53.5 Å². The molecular formula is C29H33Br2N9O6. The van der Waals surface area contributed by atoms with Gasteiger partial charge in [0.15, 0.2) is 5.82 Å². The van der Waals surface area contributed by atoms with Gasteiger partial charge in [0.2, 0.25) is 5.91 Å². The van der Waals surface area contributed by atoms with Gasteiger partial charge < -0.3 is 30.5 Å². The molecule has 46 heavy (non-hydrogen) atoms. The number of hydrogen-bond acceptors (Lipinski definition) is 10. The number of carbonyl (C=O) groups is 3. The third-order valence-electron chi connectivity index (χ3n) is 7.73. The number of hydrogen-bond donors (Lipinski definition) is 3. The Labute approximate surface area is 281 Å². The highest BCUT2D eigenvalue weighted by molar-refractivity contribution is 9.10. The maximum Gasteiger partial charge on any atom is 0.294 e. The molecule has 4 atom stereocenters. The van der Waals surface area contributed by atoms with Crippen LogP contribution in [0.3, 0.4) is 0 Å². The minimum Gasteiger partial charge on any atom is -0.387 e. The quantitative estimate of drug-likeness (QED) is 0.226. The number of carbonyl (C=O) groups excluding carboxylic acids is 3. The molecule has 17 heteroatoms. The molecule has 0 bridgehead atoms. The molecule has 2 aliphatic heterocycles. The van der Waals surface area contributed by atoms with E-state index < -0.39 is 34.7 Å². The summed E-state index contributed by atoms with van der Waals surface area (Å²) in [7, 11) is 3.40. The lowest BCUT2D eigenvalue weighted by Crippen LogP contribution is -2.48. The van der Waals surface area contributed by atoms with E-state index in [0.717, 1.165) is 0 Å². The van der Waals surface area contributed by atoms with Crippen LogP contribution in [0.25, 0.3) is 0 Å². The number of ether oxygens (including phenoxy) is 1. The molecule has 15 nitrogen and oxygen atoms in total. The number of nitro benzene ring substituents is 1. The second-order valence-corrected chi connectivity index (χ2v) is 13.1. The largest absolute Gasteiger partial charge is 0.387 e. The number of nitro groups is 1. The Morgan fingerprint density at radius 2 is 1.78 bits per heavy atom. The van der Waals surface area contributed by atoms with Crippen molar-refractivity contribution >= 4 is 72.5 Å². The molecule has 3 amide bonds. The Kier molecular flexibility index (Phi) is 9.93. The normalized spacial score (nSPS) is 21.2. The SMILES string of the molecule is CNc1cncc(C(=O)N2C[C@H](Nc3c(C(=O)N4C[C@@H](C)O[C@@H](C)C4)cc(Br)cc3[N+](=O)[O-])C[C@H]2C(=O)Nc2nn(C)cc2Br)c1. The van der Waals surface area contributed by atoms with Crippen LogP contribution in [-0.2, 0) is 16.6 Å². The van der Waals surface area contributed by atoms with E-state index in [1.54, 1.807) is 37.5 Å². The van der Waals surface area contributed by atoms with Gasteiger partial charge in [0.25, 0.3) is 17.5 Å². The molecule has 1 aromatic carbocycles. The summed E-state index contributed by atoms with van der Waals surface area (Å²) in [4.78, 5) is 60.3. The molecule has 0 unspecified atom stereocenters. The lowest BCUT2D eigenvalue weighted by atomic mass is 10.1. The Balaban J connectivity index is 1.49. The van der Waals surface area contributed by atoms with E-state index >= 15 is 0 Å². The molecule has 4 heterocycles. The summed E-state index contributed by atoms with van der Waals surface area (Å²) in [6.45, 7) is 4.37. The molecule has 0 saturated carbocycles. The number of likely N-dealkylation sites (tertiary alicyclic amines) is 1. The van der Waals surface area contributed by atoms with Crippen LogP contribution in [0.15, 0.2) is 45.7 Å². The second-order valence-electron chi connectivity index (χ2n) is 11.3. The third kappa shape index (κ3) is 7.15. The molecule has 2 saturated heterocycles. The Morgan fingerprint density at radius 1 is 1.07 bits per heavy atom. The van der Waals surface area contributed by atoms with Crippen molar-refractivity contribution in [2.75, 3.05) is 42.6 Å². The van der Waals surface area contributed by atoms with Crippen molar-refractivity contribution in [2.24, 2.45) is 7.05 Å². The average molecular weight is 763 g/mol. The zero-order chi connectivity index (χ0) is 33.3. The standard InChI is InChI=1S/C29H33Br2N9O6/c1-15-11-38(12-16(2)46-15)29(43)21-6-18(30)7-23(40(44)45)25(21)34-20-8-24(27(41)35-26-22(31)14-37(4)36-26)39(13-20)28(42)17-5-19(32-3)10-33-9-17/h5-7,9-10,14-16,20,24,32,34H,8,11-13H2,1-4H3,(H,35,36,41)/t15-,16+,20-,24+/m1/s1. The molecular weight excluding hydrogens is 730 g/mol. The van der Waals surface area contributed by atoms with Crippen LogP contribution in [0, 0.1) is 10.1 Å². The molecule has 0 spiro atoms. The summed E-state index contributed by atoms with van der Waals surface area (Å²) in [6, 6.07) is 2.87. The molecule has 2 aromatic heterocycles. The minimum absolute atomic E-state index is 0.00905. The van der Waals surface area contributed by atoms with Crippen molar-refractivity contribution in [1.29, 1.82) is 0 Å². The summed E-state index contributed by atoms with van der Waals surface area (Å²) in [5, 5.41) is 25.4. The van der Waals surface area contributed by atoms with Gasteiger partial charge in [-0.05, 0) is 48.3 Å². The highest BCUT2D eigenvalue weighted by Crippen LogP contribution is 2.36. The monoisotopic (exact) mass is 761 g/mol. The van der Waals surface area contributed by atoms with Gasteiger partial charge in [-0.1, -0.05) is 15.9 Å². The number of halogens is 2. The van der Waals surface area contributed by atoms with E-state index in [4.69, 9.17) is 4.74 Å². The number of aryl methyl sites for hydroxylation is 1. The predicted octanol–water partition coefficient (Wildman–Crippen LogP) is 3.87. The van der Waals surface area contributed by atoms with E-state index in [0.29, 0.717) is 27.7 Å². The third-order valence-corrected chi connectivity index (χ3v) is 8.77. The van der Waals surface area contributed by atoms with Gasteiger partial charge >= 0.3 is 0 Å². The molecule has 244 valence electrons. The lowest BCUT2D eigenvalue weighted by Gasteiger charge is -2.35. The number of morpholine rings is 1. The van der Waals surface area contributed by atoms with Crippen molar-refractivity contribution in [2.45, 2.75) is 44.6 Å². The number of nitrogens with one attached hydrogen (secondary N) is 3. The van der Waals surface area contributed by atoms with E-state index in [9.17, 15) is 24.5 Å². The Hall–Kier alpha value is -4.09. The molecule has 0 radical (unpaired) electrons. The number of pyridine rings is 1. The molecule has 2 fully saturated rings. The highest BCUT2D eigenvalue weighted by atomic mass is 79.9. The van der Waals surface area contributed by atoms with Crippen molar-refractivity contribution < 1.29 is 24.0 Å². The summed E-state index contributed by atoms with van der Waals surface area (Å²) in [5.41, 5.74) is 0.649. The number of anilines is 3. The fourth-order valence-corrected chi connectivity index (χ4v) is 6.71. The fourth-order valence-electron chi connectivity index (χ4n) is 5.79. The highest BCUT2D eigenvalue weighted by Gasteiger charge is 2.42. The van der Waals surface area contributed by atoms with Crippen LogP contribution in [0.1, 0.15) is 41.0 Å². The van der Waals surface area contributed by atoms with Crippen molar-refractivity contribution in [3.8, 4) is 0 Å². The Bertz CT molecular complexity index is 1670. The first kappa shape index (κ1) is 33.3. The number of nitrogens with zero attached hydrogens (tertiary/aromatic N) is 6. The summed E-state index contributed by atoms with van der Waals surface area (Å²) in [6.07, 6.45) is 4.32. The van der Waals surface area contributed by atoms with Crippen LogP contribution in [0.2, 0.25) is 0 Å². The van der Waals surface area contributed by atoms with Gasteiger partial charge in [-0.2, -0.15) is 5.10 Å². The van der Waals surface area contributed by atoms with Crippen LogP contribution in [0.5, 0.6) is 0 Å². The number of amides is 3. The van der Waals surface area contributed by atoms with E-state index in [1.807, 2.05) is 13.8 Å². The molecule has 5 rings (SSSR count). The van der Waals surface area contributed by atoms with E-state index in [1.165, 1.54) is 27.9 Å². The van der Waals surface area contributed by atoms with E-state index in [2.05, 4.69) is 57.9 Å². The van der Waals surface area contributed by atoms with Gasteiger partial charge in [0, 0.05) is 68.9 Å². The zero-order valence-electron chi connectivity index (χ0n) is 25.5. The maximum atomic E-state index is 13.9. The predicted molar refractivity (Wildman–Crippen MR) is 177 cm³/mol. The summed E-state index contributed by atoms with van der Waals surface area (Å²) >= 11 is 6.70. The first-order valence-corrected chi connectivity index (χ1v) is 16.1. The molecule has 2 aliphatic rings. The van der Waals surface area contributed by atoms with Crippen molar-refractivity contribution in [3.63, 3.8) is 0 Å². The summed E-state index contributed by atoms with van der Waals surface area (Å²) in [5.74, 6) is -1.07. The molecule has 3 N–H and O–H groups in total. The number of benzene rings is 1. The smallest absolute Gasteiger partial charge is 0.294 e. The van der Waals surface area contributed by atoms with Gasteiger partial charge in [-0.25, -0.2) is 0 Å². The van der Waals surface area contributed by atoms with Crippen LogP contribution in [-0.4, -0.2) is 98.2 Å². The summed E-state index contributed by atoms with van der Waals surface area (Å²) < 4.78 is 8.22. The Morgan fingerprint density at radius 3 is 2.41 bits per heavy atom. The molecule has 3 aromatic rings. The molecule has 0 aliphatic carbocycles. The van der Waals surface area contributed by atoms with Gasteiger partial charge in [0.05, 0.1) is 38.4 Å². The number of rotatable bonds is 8. The van der Waals surface area contributed by atoms with Crippen molar-refractivity contribution in [1.82, 2.24) is 24.6 Å². The number of aromatic nitrogens is 3. The average Bonchev–Trinajstić information content (AvgIpc) is 3.57. The van der Waals surface area contributed by atoms with Gasteiger partial charge in [-0.3, -0.25) is 34.2 Å². The van der Waals surface area contributed by atoms with Gasteiger partial charge in [-0.15, -0.1) is 0 Å². The van der Waals surface area contributed by atoms with Gasteiger partial charge in [0.1, 0.15) is 11.7 Å². The second kappa shape index (κ2) is 13.7. The van der Waals surface area contributed by atoms with Crippen molar-refractivity contribution in [3.05, 3.63) is 67.0 Å². The lowest BCUT2D eigenvalue weighted by molar-refractivity contribution is -0.384.